The quantitative estimate of drug-likeness (QED) is 0.318. The van der Waals surface area contributed by atoms with Gasteiger partial charge in [0.2, 0.25) is 0 Å². The van der Waals surface area contributed by atoms with E-state index < -0.39 is 17.7 Å². The molecule has 3 aliphatic rings. The summed E-state index contributed by atoms with van der Waals surface area (Å²) in [7, 11) is 1.52. The molecular weight excluding hydrogens is 566 g/mol. The summed E-state index contributed by atoms with van der Waals surface area (Å²) < 4.78 is 12.4. The van der Waals surface area contributed by atoms with Crippen LogP contribution in [0, 0.1) is 0 Å². The first-order valence-corrected chi connectivity index (χ1v) is 15.2. The van der Waals surface area contributed by atoms with Gasteiger partial charge in [-0.1, -0.05) is 26.7 Å². The molecule has 0 aliphatic carbocycles. The number of hydrogen-bond acceptors (Lipinski definition) is 9. The highest BCUT2D eigenvalue weighted by Crippen LogP contribution is 2.40. The Kier molecular flexibility index (Phi) is 7.89. The molecule has 44 heavy (non-hydrogen) atoms. The van der Waals surface area contributed by atoms with Gasteiger partial charge in [-0.15, -0.1) is 0 Å². The molecule has 1 atom stereocenters. The average Bonchev–Trinajstić information content (AvgIpc) is 3.17. The molecule has 1 fully saturated rings. The molecule has 0 saturated carbocycles. The molecule has 1 saturated heterocycles. The number of hydrazine groups is 1. The van der Waals surface area contributed by atoms with Crippen LogP contribution in [-0.4, -0.2) is 69.2 Å². The first-order valence-electron chi connectivity index (χ1n) is 15.2. The lowest BCUT2D eigenvalue weighted by Gasteiger charge is -2.31. The van der Waals surface area contributed by atoms with Gasteiger partial charge in [0, 0.05) is 36.7 Å². The lowest BCUT2D eigenvalue weighted by molar-refractivity contribution is -0.172. The summed E-state index contributed by atoms with van der Waals surface area (Å²) in [5, 5.41) is 13.8. The van der Waals surface area contributed by atoms with E-state index in [0.29, 0.717) is 29.1 Å². The van der Waals surface area contributed by atoms with Crippen LogP contribution >= 0.6 is 0 Å². The van der Waals surface area contributed by atoms with Crippen LogP contribution in [0.4, 0.5) is 4.79 Å². The van der Waals surface area contributed by atoms with Crippen molar-refractivity contribution >= 4 is 28.9 Å². The third kappa shape index (κ3) is 5.11. The number of aryl methyl sites for hydroxylation is 1. The number of aliphatic hydroxyl groups is 1. The van der Waals surface area contributed by atoms with Crippen LogP contribution in [0.1, 0.15) is 68.2 Å². The summed E-state index contributed by atoms with van der Waals surface area (Å²) in [6.07, 6.45) is 4.39. The van der Waals surface area contributed by atoms with Gasteiger partial charge in [0.1, 0.15) is 18.9 Å². The van der Waals surface area contributed by atoms with E-state index in [9.17, 15) is 24.3 Å². The maximum absolute atomic E-state index is 13.6. The summed E-state index contributed by atoms with van der Waals surface area (Å²) in [6, 6.07) is 6.84. The maximum Gasteiger partial charge on any atom is 0.415 e. The standard InChI is InChI=1S/C32H37N5O7/c1-4-20-21-14-19(44-31(41)35(3)17-27(38)34-36-12-8-6-7-9-13-36)10-11-25(21)33-28-22(20)16-37-26(28)15-24-23(29(37)39)18-43-30(40)32(24,42)5-2/h10-11,14-15,42H,4-9,12-13,16-18H2,1-3H3,(H,34,38). The molecule has 0 bridgehead atoms. The van der Waals surface area contributed by atoms with Crippen molar-refractivity contribution in [2.45, 2.75) is 71.1 Å². The fraction of sp³-hybridized carbons (Fsp3) is 0.469. The van der Waals surface area contributed by atoms with E-state index in [-0.39, 0.29) is 48.7 Å². The number of likely N-dealkylation sites (N-methyl/N-ethyl adjacent to an activating group) is 1. The van der Waals surface area contributed by atoms with Crippen molar-refractivity contribution in [1.82, 2.24) is 24.9 Å². The number of fused-ring (bicyclic) bond motifs is 5. The second kappa shape index (κ2) is 11.7. The van der Waals surface area contributed by atoms with E-state index in [2.05, 4.69) is 5.43 Å². The molecule has 2 N–H and O–H groups in total. The highest BCUT2D eigenvalue weighted by atomic mass is 16.6. The monoisotopic (exact) mass is 603 g/mol. The second-order valence-corrected chi connectivity index (χ2v) is 11.7. The Morgan fingerprint density at radius 1 is 1.11 bits per heavy atom. The van der Waals surface area contributed by atoms with Crippen molar-refractivity contribution in [3.63, 3.8) is 0 Å². The minimum Gasteiger partial charge on any atom is -0.458 e. The zero-order chi connectivity index (χ0) is 31.2. The Bertz CT molecular complexity index is 1730. The third-order valence-electron chi connectivity index (χ3n) is 8.92. The minimum absolute atomic E-state index is 0.0692. The fourth-order valence-corrected chi connectivity index (χ4v) is 6.46. The molecule has 5 heterocycles. The van der Waals surface area contributed by atoms with Crippen molar-refractivity contribution in [2.75, 3.05) is 26.7 Å². The zero-order valence-corrected chi connectivity index (χ0v) is 25.3. The largest absolute Gasteiger partial charge is 0.458 e. The lowest BCUT2D eigenvalue weighted by Crippen LogP contribution is -2.47. The molecule has 3 aromatic rings. The van der Waals surface area contributed by atoms with Crippen LogP contribution in [-0.2, 0) is 39.5 Å². The topological polar surface area (TPSA) is 143 Å². The second-order valence-electron chi connectivity index (χ2n) is 11.7. The minimum atomic E-state index is -1.89. The van der Waals surface area contributed by atoms with Gasteiger partial charge >= 0.3 is 12.1 Å². The van der Waals surface area contributed by atoms with Gasteiger partial charge < -0.3 is 24.0 Å². The van der Waals surface area contributed by atoms with Crippen LogP contribution in [0.25, 0.3) is 22.3 Å². The van der Waals surface area contributed by atoms with Gasteiger partial charge in [-0.25, -0.2) is 19.6 Å². The van der Waals surface area contributed by atoms with Crippen molar-refractivity contribution in [3.05, 3.63) is 56.9 Å². The maximum atomic E-state index is 13.6. The Balaban J connectivity index is 1.26. The van der Waals surface area contributed by atoms with Crippen molar-refractivity contribution in [3.8, 4) is 17.1 Å². The fourth-order valence-electron chi connectivity index (χ4n) is 6.46. The summed E-state index contributed by atoms with van der Waals surface area (Å²) in [6.45, 7) is 5.22. The Morgan fingerprint density at radius 3 is 2.57 bits per heavy atom. The summed E-state index contributed by atoms with van der Waals surface area (Å²) in [5.74, 6) is -0.727. The summed E-state index contributed by atoms with van der Waals surface area (Å²) >= 11 is 0. The van der Waals surface area contributed by atoms with Gasteiger partial charge in [-0.3, -0.25) is 15.0 Å². The summed E-state index contributed by atoms with van der Waals surface area (Å²) in [4.78, 5) is 57.6. The van der Waals surface area contributed by atoms with Gasteiger partial charge in [-0.05, 0) is 55.5 Å². The number of nitrogens with one attached hydrogen (secondary N) is 1. The molecule has 2 amide bonds. The van der Waals surface area contributed by atoms with E-state index in [4.69, 9.17) is 14.5 Å². The average molecular weight is 604 g/mol. The molecule has 6 rings (SSSR count). The van der Waals surface area contributed by atoms with Crippen LogP contribution in [0.3, 0.4) is 0 Å². The number of pyridine rings is 2. The van der Waals surface area contributed by atoms with Crippen molar-refractivity contribution < 1.29 is 29.0 Å². The molecule has 0 spiro atoms. The smallest absolute Gasteiger partial charge is 0.415 e. The number of esters is 1. The predicted molar refractivity (Wildman–Crippen MR) is 161 cm³/mol. The highest BCUT2D eigenvalue weighted by Gasteiger charge is 2.45. The van der Waals surface area contributed by atoms with Crippen LogP contribution < -0.4 is 15.7 Å². The SMILES string of the molecule is CCc1c2c(nc3ccc(OC(=O)N(C)CC(=O)NN4CCCCCC4)cc13)-c1cc3c(c(=O)n1C2)COC(=O)C3(O)CC. The third-order valence-corrected chi connectivity index (χ3v) is 8.92. The lowest BCUT2D eigenvalue weighted by atomic mass is 9.86. The van der Waals surface area contributed by atoms with Gasteiger partial charge in [-0.2, -0.15) is 0 Å². The number of carbonyl (C=O) groups is 3. The molecule has 3 aliphatic heterocycles. The number of amides is 2. The van der Waals surface area contributed by atoms with E-state index in [1.165, 1.54) is 11.9 Å². The molecular formula is C32H37N5O7. The van der Waals surface area contributed by atoms with E-state index in [0.717, 1.165) is 55.3 Å². The Morgan fingerprint density at radius 2 is 1.86 bits per heavy atom. The van der Waals surface area contributed by atoms with Crippen LogP contribution in [0.2, 0.25) is 0 Å². The van der Waals surface area contributed by atoms with E-state index >= 15 is 0 Å². The molecule has 0 radical (unpaired) electrons. The van der Waals surface area contributed by atoms with Gasteiger partial charge in [0.15, 0.2) is 5.60 Å². The summed E-state index contributed by atoms with van der Waals surface area (Å²) in [5.41, 5.74) is 4.83. The number of benzene rings is 1. The zero-order valence-electron chi connectivity index (χ0n) is 25.3. The molecule has 2 aromatic heterocycles. The van der Waals surface area contributed by atoms with E-state index in [1.54, 1.807) is 35.8 Å². The molecule has 232 valence electrons. The van der Waals surface area contributed by atoms with Crippen molar-refractivity contribution in [2.24, 2.45) is 0 Å². The first kappa shape index (κ1) is 29.8. The molecule has 12 nitrogen and oxygen atoms in total. The molecule has 1 unspecified atom stereocenters. The molecule has 12 heteroatoms. The van der Waals surface area contributed by atoms with E-state index in [1.807, 2.05) is 11.9 Å². The first-order chi connectivity index (χ1) is 21.1. The van der Waals surface area contributed by atoms with Gasteiger partial charge in [0.25, 0.3) is 11.5 Å². The number of ether oxygens (including phenoxy) is 2. The van der Waals surface area contributed by atoms with Crippen LogP contribution in [0.15, 0.2) is 29.1 Å². The van der Waals surface area contributed by atoms with Crippen LogP contribution in [0.5, 0.6) is 5.75 Å². The number of nitrogens with zero attached hydrogens (tertiary/aromatic N) is 4. The Labute approximate surface area is 254 Å². The number of aromatic nitrogens is 2. The number of carbonyl (C=O) groups excluding carboxylic acids is 3. The predicted octanol–water partition coefficient (Wildman–Crippen LogP) is 2.98. The normalized spacial score (nSPS) is 19.4. The number of rotatable bonds is 6. The number of cyclic esters (lactones) is 1. The Hall–Kier alpha value is -4.29. The van der Waals surface area contributed by atoms with Gasteiger partial charge in [0.05, 0.1) is 29.0 Å². The number of hydrogen-bond donors (Lipinski definition) is 2. The van der Waals surface area contributed by atoms with Crippen molar-refractivity contribution in [1.29, 1.82) is 0 Å². The molecule has 1 aromatic carbocycles. The highest BCUT2D eigenvalue weighted by molar-refractivity contribution is 5.90.